The van der Waals surface area contributed by atoms with Crippen LogP contribution in [0, 0.1) is 0 Å². The second kappa shape index (κ2) is 7.48. The third-order valence-electron chi connectivity index (χ3n) is 3.85. The van der Waals surface area contributed by atoms with E-state index >= 15 is 0 Å². The molecule has 1 heterocycles. The Balaban J connectivity index is 2.10. The molecule has 1 fully saturated rings. The molecule has 0 saturated carbocycles. The van der Waals surface area contributed by atoms with Gasteiger partial charge in [0.2, 0.25) is 5.91 Å². The SMILES string of the molecule is CC(C)N(Cc1ccc(Cl)c(Cl)c1)C(=O)[C@H]1CCCCN1. The molecule has 0 radical (unpaired) electrons. The van der Waals surface area contributed by atoms with Crippen LogP contribution in [0.3, 0.4) is 0 Å². The minimum Gasteiger partial charge on any atom is -0.335 e. The average molecular weight is 329 g/mol. The van der Waals surface area contributed by atoms with E-state index in [1.807, 2.05) is 30.9 Å². The predicted molar refractivity (Wildman–Crippen MR) is 87.8 cm³/mol. The summed E-state index contributed by atoms with van der Waals surface area (Å²) in [6, 6.07) is 5.63. The van der Waals surface area contributed by atoms with Crippen molar-refractivity contribution < 1.29 is 4.79 Å². The van der Waals surface area contributed by atoms with Crippen molar-refractivity contribution >= 4 is 29.1 Å². The molecule has 1 aromatic carbocycles. The van der Waals surface area contributed by atoms with E-state index in [0.29, 0.717) is 16.6 Å². The molecule has 1 atom stereocenters. The molecular weight excluding hydrogens is 307 g/mol. The highest BCUT2D eigenvalue weighted by atomic mass is 35.5. The molecule has 5 heteroatoms. The van der Waals surface area contributed by atoms with E-state index in [-0.39, 0.29) is 18.0 Å². The van der Waals surface area contributed by atoms with Gasteiger partial charge in [-0.15, -0.1) is 0 Å². The Kier molecular flexibility index (Phi) is 5.91. The number of hydrogen-bond acceptors (Lipinski definition) is 2. The summed E-state index contributed by atoms with van der Waals surface area (Å²) in [5.41, 5.74) is 1.00. The normalized spacial score (nSPS) is 18.8. The minimum atomic E-state index is -0.0519. The fourth-order valence-electron chi connectivity index (χ4n) is 2.61. The van der Waals surface area contributed by atoms with Crippen LogP contribution in [-0.4, -0.2) is 29.4 Å². The topological polar surface area (TPSA) is 32.3 Å². The summed E-state index contributed by atoms with van der Waals surface area (Å²) in [4.78, 5) is 14.6. The average Bonchev–Trinajstić information content (AvgIpc) is 2.48. The van der Waals surface area contributed by atoms with Crippen LogP contribution < -0.4 is 5.32 Å². The van der Waals surface area contributed by atoms with E-state index in [2.05, 4.69) is 5.32 Å². The van der Waals surface area contributed by atoms with Crippen LogP contribution in [0.2, 0.25) is 10.0 Å². The third-order valence-corrected chi connectivity index (χ3v) is 4.59. The molecule has 1 aromatic rings. The Morgan fingerprint density at radius 3 is 2.67 bits per heavy atom. The van der Waals surface area contributed by atoms with Gasteiger partial charge in [0, 0.05) is 12.6 Å². The fourth-order valence-corrected chi connectivity index (χ4v) is 2.93. The van der Waals surface area contributed by atoms with Crippen molar-refractivity contribution in [2.45, 2.75) is 51.7 Å². The fraction of sp³-hybridized carbons (Fsp3) is 0.562. The van der Waals surface area contributed by atoms with Crippen molar-refractivity contribution in [2.24, 2.45) is 0 Å². The molecule has 1 aliphatic rings. The molecule has 21 heavy (non-hydrogen) atoms. The van der Waals surface area contributed by atoms with Crippen molar-refractivity contribution in [3.8, 4) is 0 Å². The highest BCUT2D eigenvalue weighted by molar-refractivity contribution is 6.42. The Morgan fingerprint density at radius 2 is 2.10 bits per heavy atom. The first kappa shape index (κ1) is 16.6. The van der Waals surface area contributed by atoms with Crippen molar-refractivity contribution in [3.05, 3.63) is 33.8 Å². The number of rotatable bonds is 4. The van der Waals surface area contributed by atoms with Crippen LogP contribution in [0.15, 0.2) is 18.2 Å². The highest BCUT2D eigenvalue weighted by Crippen LogP contribution is 2.24. The zero-order chi connectivity index (χ0) is 15.4. The van der Waals surface area contributed by atoms with Crippen molar-refractivity contribution in [1.82, 2.24) is 10.2 Å². The number of halogens is 2. The summed E-state index contributed by atoms with van der Waals surface area (Å²) in [6.07, 6.45) is 3.18. The second-order valence-corrected chi connectivity index (χ2v) is 6.63. The quantitative estimate of drug-likeness (QED) is 0.909. The first-order chi connectivity index (χ1) is 9.99. The lowest BCUT2D eigenvalue weighted by Crippen LogP contribution is -2.50. The highest BCUT2D eigenvalue weighted by Gasteiger charge is 2.27. The van der Waals surface area contributed by atoms with Crippen molar-refractivity contribution in [1.29, 1.82) is 0 Å². The number of amides is 1. The number of hydrogen-bond donors (Lipinski definition) is 1. The minimum absolute atomic E-state index is 0.0519. The number of benzene rings is 1. The van der Waals surface area contributed by atoms with E-state index in [4.69, 9.17) is 23.2 Å². The van der Waals surface area contributed by atoms with Crippen LogP contribution in [0.1, 0.15) is 38.7 Å². The van der Waals surface area contributed by atoms with Gasteiger partial charge < -0.3 is 10.2 Å². The van der Waals surface area contributed by atoms with Gasteiger partial charge in [-0.1, -0.05) is 35.7 Å². The largest absolute Gasteiger partial charge is 0.335 e. The molecule has 0 aliphatic carbocycles. The lowest BCUT2D eigenvalue weighted by atomic mass is 10.0. The Hall–Kier alpha value is -0.770. The van der Waals surface area contributed by atoms with Gasteiger partial charge in [-0.3, -0.25) is 4.79 Å². The first-order valence-electron chi connectivity index (χ1n) is 7.47. The zero-order valence-electron chi connectivity index (χ0n) is 12.5. The summed E-state index contributed by atoms with van der Waals surface area (Å²) >= 11 is 12.0. The predicted octanol–water partition coefficient (Wildman–Crippen LogP) is 3.87. The van der Waals surface area contributed by atoms with Gasteiger partial charge in [0.25, 0.3) is 0 Å². The van der Waals surface area contributed by atoms with Gasteiger partial charge in [-0.05, 0) is 50.9 Å². The molecule has 2 rings (SSSR count). The Bertz CT molecular complexity index is 499. The monoisotopic (exact) mass is 328 g/mol. The lowest BCUT2D eigenvalue weighted by molar-refractivity contribution is -0.136. The van der Waals surface area contributed by atoms with Gasteiger partial charge in [0.05, 0.1) is 16.1 Å². The second-order valence-electron chi connectivity index (χ2n) is 5.81. The molecular formula is C16H22Cl2N2O. The van der Waals surface area contributed by atoms with Gasteiger partial charge in [-0.2, -0.15) is 0 Å². The molecule has 3 nitrogen and oxygen atoms in total. The number of piperidine rings is 1. The summed E-state index contributed by atoms with van der Waals surface area (Å²) in [6.45, 7) is 5.57. The van der Waals surface area contributed by atoms with Crippen molar-refractivity contribution in [2.75, 3.05) is 6.54 Å². The Labute approximate surface area is 136 Å². The zero-order valence-corrected chi connectivity index (χ0v) is 14.0. The lowest BCUT2D eigenvalue weighted by Gasteiger charge is -2.33. The van der Waals surface area contributed by atoms with Gasteiger partial charge in [0.1, 0.15) is 0 Å². The molecule has 116 valence electrons. The molecule has 0 bridgehead atoms. The van der Waals surface area contributed by atoms with E-state index in [9.17, 15) is 4.79 Å². The van der Waals surface area contributed by atoms with Crippen LogP contribution in [0.5, 0.6) is 0 Å². The van der Waals surface area contributed by atoms with Crippen LogP contribution in [-0.2, 0) is 11.3 Å². The maximum atomic E-state index is 12.7. The van der Waals surface area contributed by atoms with E-state index in [1.165, 1.54) is 0 Å². The number of carbonyl (C=O) groups excluding carboxylic acids is 1. The smallest absolute Gasteiger partial charge is 0.240 e. The molecule has 0 unspecified atom stereocenters. The van der Waals surface area contributed by atoms with Crippen LogP contribution in [0.4, 0.5) is 0 Å². The number of nitrogens with zero attached hydrogens (tertiary/aromatic N) is 1. The summed E-state index contributed by atoms with van der Waals surface area (Å²) in [7, 11) is 0. The maximum absolute atomic E-state index is 12.7. The molecule has 1 N–H and O–H groups in total. The van der Waals surface area contributed by atoms with Gasteiger partial charge >= 0.3 is 0 Å². The standard InChI is InChI=1S/C16H22Cl2N2O/c1-11(2)20(16(21)15-5-3-4-8-19-15)10-12-6-7-13(17)14(18)9-12/h6-7,9,11,15,19H,3-5,8,10H2,1-2H3/t15-/m1/s1. The van der Waals surface area contributed by atoms with E-state index in [0.717, 1.165) is 31.4 Å². The van der Waals surface area contributed by atoms with E-state index in [1.54, 1.807) is 6.07 Å². The molecule has 0 spiro atoms. The molecule has 1 saturated heterocycles. The van der Waals surface area contributed by atoms with Crippen LogP contribution in [0.25, 0.3) is 0 Å². The summed E-state index contributed by atoms with van der Waals surface area (Å²) < 4.78 is 0. The van der Waals surface area contributed by atoms with Crippen molar-refractivity contribution in [3.63, 3.8) is 0 Å². The number of carbonyl (C=O) groups is 1. The first-order valence-corrected chi connectivity index (χ1v) is 8.22. The van der Waals surface area contributed by atoms with Gasteiger partial charge in [-0.25, -0.2) is 0 Å². The third kappa shape index (κ3) is 4.35. The maximum Gasteiger partial charge on any atom is 0.240 e. The molecule has 1 aliphatic heterocycles. The van der Waals surface area contributed by atoms with E-state index < -0.39 is 0 Å². The number of nitrogens with one attached hydrogen (secondary N) is 1. The van der Waals surface area contributed by atoms with Gasteiger partial charge in [0.15, 0.2) is 0 Å². The summed E-state index contributed by atoms with van der Waals surface area (Å²) in [5.74, 6) is 0.177. The Morgan fingerprint density at radius 1 is 1.33 bits per heavy atom. The molecule has 0 aromatic heterocycles. The van der Waals surface area contributed by atoms with Crippen LogP contribution >= 0.6 is 23.2 Å². The summed E-state index contributed by atoms with van der Waals surface area (Å²) in [5, 5.41) is 4.39. The molecule has 1 amide bonds.